The minimum Gasteiger partial charge on any atom is -0.496 e. The fraction of sp³-hybridized carbons (Fsp3) is 0.600. The molecule has 1 heterocycles. The molecule has 1 fully saturated rings. The van der Waals surface area contributed by atoms with Crippen LogP contribution in [0.2, 0.25) is 0 Å². The number of methoxy groups -OCH3 is 1. The summed E-state index contributed by atoms with van der Waals surface area (Å²) in [7, 11) is 3.43. The third kappa shape index (κ3) is 5.13. The molecule has 0 spiro atoms. The number of hydrogen-bond acceptors (Lipinski definition) is 4. The summed E-state index contributed by atoms with van der Waals surface area (Å²) in [4.78, 5) is 28.2. The molecule has 0 unspecified atom stereocenters. The zero-order valence-corrected chi connectivity index (χ0v) is 16.7. The third-order valence-electron chi connectivity index (χ3n) is 4.58. The van der Waals surface area contributed by atoms with Gasteiger partial charge < -0.3 is 19.3 Å². The van der Waals surface area contributed by atoms with Crippen LogP contribution >= 0.6 is 0 Å². The molecule has 6 nitrogen and oxygen atoms in total. The Kier molecular flexibility index (Phi) is 6.16. The van der Waals surface area contributed by atoms with E-state index in [4.69, 9.17) is 9.47 Å². The quantitative estimate of drug-likeness (QED) is 0.826. The summed E-state index contributed by atoms with van der Waals surface area (Å²) in [6.45, 7) is 8.64. The van der Waals surface area contributed by atoms with Crippen molar-refractivity contribution in [1.82, 2.24) is 9.80 Å². The van der Waals surface area contributed by atoms with Crippen LogP contribution in [0.4, 0.5) is 4.79 Å². The lowest BCUT2D eigenvalue weighted by molar-refractivity contribution is -0.131. The number of ether oxygens (including phenoxy) is 2. The second-order valence-electron chi connectivity index (χ2n) is 7.85. The topological polar surface area (TPSA) is 59.1 Å². The van der Waals surface area contributed by atoms with Crippen molar-refractivity contribution in [3.8, 4) is 5.75 Å². The Hall–Kier alpha value is -2.24. The molecule has 1 aliphatic rings. The molecule has 0 bridgehead atoms. The molecular formula is C20H30N2O4. The Balaban J connectivity index is 1.94. The number of rotatable bonds is 4. The van der Waals surface area contributed by atoms with E-state index in [2.05, 4.69) is 0 Å². The summed E-state index contributed by atoms with van der Waals surface area (Å²) < 4.78 is 10.7. The second kappa shape index (κ2) is 7.98. The number of benzene rings is 1. The molecule has 1 saturated heterocycles. The first-order chi connectivity index (χ1) is 12.1. The highest BCUT2D eigenvalue weighted by Gasteiger charge is 2.33. The molecule has 26 heavy (non-hydrogen) atoms. The highest BCUT2D eigenvalue weighted by molar-refractivity contribution is 5.79. The minimum absolute atomic E-state index is 0.0161. The zero-order chi connectivity index (χ0) is 19.5. The van der Waals surface area contributed by atoms with Gasteiger partial charge in [0.2, 0.25) is 5.91 Å². The fourth-order valence-corrected chi connectivity index (χ4v) is 3.03. The summed E-state index contributed by atoms with van der Waals surface area (Å²) in [6.07, 6.45) is 0.763. The fourth-order valence-electron chi connectivity index (χ4n) is 3.03. The molecule has 2 amide bonds. The van der Waals surface area contributed by atoms with Crippen LogP contribution in [0.5, 0.6) is 5.75 Å². The summed E-state index contributed by atoms with van der Waals surface area (Å²) in [6, 6.07) is 5.83. The van der Waals surface area contributed by atoms with Crippen LogP contribution in [0.3, 0.4) is 0 Å². The van der Waals surface area contributed by atoms with Crippen molar-refractivity contribution in [2.45, 2.75) is 52.2 Å². The number of aryl methyl sites for hydroxylation is 1. The molecule has 1 aromatic rings. The van der Waals surface area contributed by atoms with Crippen LogP contribution in [0.1, 0.15) is 38.3 Å². The summed E-state index contributed by atoms with van der Waals surface area (Å²) in [5, 5.41) is 0. The van der Waals surface area contributed by atoms with E-state index in [0.29, 0.717) is 19.5 Å². The van der Waals surface area contributed by atoms with E-state index in [1.54, 1.807) is 24.0 Å². The molecule has 0 aromatic heterocycles. The predicted molar refractivity (Wildman–Crippen MR) is 100 cm³/mol. The highest BCUT2D eigenvalue weighted by atomic mass is 16.6. The lowest BCUT2D eigenvalue weighted by Crippen LogP contribution is -2.41. The largest absolute Gasteiger partial charge is 0.496 e. The van der Waals surface area contributed by atoms with Gasteiger partial charge in [0, 0.05) is 20.1 Å². The van der Waals surface area contributed by atoms with E-state index >= 15 is 0 Å². The number of carbonyl (C=O) groups is 2. The first-order valence-electron chi connectivity index (χ1n) is 8.98. The Labute approximate surface area is 156 Å². The van der Waals surface area contributed by atoms with Crippen LogP contribution in [0, 0.1) is 6.92 Å². The highest BCUT2D eigenvalue weighted by Crippen LogP contribution is 2.21. The average molecular weight is 362 g/mol. The first-order valence-corrected chi connectivity index (χ1v) is 8.98. The molecule has 2 rings (SSSR count). The van der Waals surface area contributed by atoms with Crippen LogP contribution in [-0.2, 0) is 16.0 Å². The smallest absolute Gasteiger partial charge is 0.410 e. The number of likely N-dealkylation sites (tertiary alicyclic amines) is 1. The van der Waals surface area contributed by atoms with Gasteiger partial charge in [-0.15, -0.1) is 0 Å². The molecular weight excluding hydrogens is 332 g/mol. The molecule has 0 radical (unpaired) electrons. The Morgan fingerprint density at radius 1 is 1.31 bits per heavy atom. The number of likely N-dealkylation sites (N-methyl/N-ethyl adjacent to an activating group) is 1. The van der Waals surface area contributed by atoms with Crippen molar-refractivity contribution < 1.29 is 19.1 Å². The van der Waals surface area contributed by atoms with E-state index < -0.39 is 5.60 Å². The molecule has 0 saturated carbocycles. The van der Waals surface area contributed by atoms with E-state index in [9.17, 15) is 9.59 Å². The number of amides is 2. The molecule has 1 atom stereocenters. The van der Waals surface area contributed by atoms with Crippen LogP contribution < -0.4 is 4.74 Å². The van der Waals surface area contributed by atoms with Gasteiger partial charge in [-0.1, -0.05) is 12.1 Å². The van der Waals surface area contributed by atoms with Gasteiger partial charge in [0.25, 0.3) is 0 Å². The predicted octanol–water partition coefficient (Wildman–Crippen LogP) is 3.01. The van der Waals surface area contributed by atoms with Gasteiger partial charge in [0.1, 0.15) is 11.4 Å². The van der Waals surface area contributed by atoms with Gasteiger partial charge in [-0.25, -0.2) is 4.79 Å². The van der Waals surface area contributed by atoms with Gasteiger partial charge in [-0.3, -0.25) is 4.79 Å². The number of carbonyl (C=O) groups excluding carboxylic acids is 2. The van der Waals surface area contributed by atoms with Crippen molar-refractivity contribution in [3.05, 3.63) is 29.3 Å². The lowest BCUT2D eigenvalue weighted by Gasteiger charge is -2.27. The Bertz CT molecular complexity index is 666. The van der Waals surface area contributed by atoms with Crippen molar-refractivity contribution >= 4 is 12.0 Å². The number of hydrogen-bond donors (Lipinski definition) is 0. The lowest BCUT2D eigenvalue weighted by atomic mass is 10.1. The van der Waals surface area contributed by atoms with E-state index in [0.717, 1.165) is 23.3 Å². The zero-order valence-electron chi connectivity index (χ0n) is 16.7. The van der Waals surface area contributed by atoms with Crippen molar-refractivity contribution in [2.75, 3.05) is 27.2 Å². The van der Waals surface area contributed by atoms with E-state index in [1.807, 2.05) is 45.9 Å². The van der Waals surface area contributed by atoms with Crippen molar-refractivity contribution in [1.29, 1.82) is 0 Å². The Morgan fingerprint density at radius 3 is 2.62 bits per heavy atom. The summed E-state index contributed by atoms with van der Waals surface area (Å²) >= 11 is 0. The van der Waals surface area contributed by atoms with Crippen molar-refractivity contribution in [2.24, 2.45) is 0 Å². The maximum Gasteiger partial charge on any atom is 0.410 e. The summed E-state index contributed by atoms with van der Waals surface area (Å²) in [5.41, 5.74) is 1.45. The third-order valence-corrected chi connectivity index (χ3v) is 4.58. The molecule has 0 N–H and O–H groups in total. The number of nitrogens with zero attached hydrogens (tertiary/aromatic N) is 2. The minimum atomic E-state index is -0.513. The average Bonchev–Trinajstić information content (AvgIpc) is 3.04. The first kappa shape index (κ1) is 20.1. The van der Waals surface area contributed by atoms with Crippen molar-refractivity contribution in [3.63, 3.8) is 0 Å². The summed E-state index contributed by atoms with van der Waals surface area (Å²) in [5.74, 6) is 0.821. The van der Waals surface area contributed by atoms with Gasteiger partial charge in [0.15, 0.2) is 0 Å². The molecule has 1 aromatic carbocycles. The van der Waals surface area contributed by atoms with Crippen LogP contribution in [0.25, 0.3) is 0 Å². The normalized spacial score (nSPS) is 17.2. The van der Waals surface area contributed by atoms with Gasteiger partial charge >= 0.3 is 6.09 Å². The van der Waals surface area contributed by atoms with E-state index in [-0.39, 0.29) is 18.0 Å². The van der Waals surface area contributed by atoms with Crippen LogP contribution in [-0.4, -0.2) is 60.7 Å². The SMILES string of the molecule is COc1cc(CC(=O)N(C)[C@H]2CCN(C(=O)OC(C)(C)C)C2)ccc1C. The second-order valence-corrected chi connectivity index (χ2v) is 7.85. The van der Waals surface area contributed by atoms with Gasteiger partial charge in [-0.2, -0.15) is 0 Å². The molecule has 0 aliphatic carbocycles. The molecule has 144 valence electrons. The standard InChI is InChI=1S/C20H30N2O4/c1-14-7-8-15(11-17(14)25-6)12-18(23)21(5)16-9-10-22(13-16)19(24)26-20(2,3)4/h7-8,11,16H,9-10,12-13H2,1-6H3/t16-/m0/s1. The maximum atomic E-state index is 12.6. The molecule has 1 aliphatic heterocycles. The molecule has 6 heteroatoms. The Morgan fingerprint density at radius 2 is 2.00 bits per heavy atom. The maximum absolute atomic E-state index is 12.6. The van der Waals surface area contributed by atoms with Gasteiger partial charge in [0.05, 0.1) is 19.6 Å². The van der Waals surface area contributed by atoms with Gasteiger partial charge in [-0.05, 0) is 51.3 Å². The van der Waals surface area contributed by atoms with E-state index in [1.165, 1.54) is 0 Å². The monoisotopic (exact) mass is 362 g/mol. The van der Waals surface area contributed by atoms with Crippen LogP contribution in [0.15, 0.2) is 18.2 Å².